The zero-order valence-electron chi connectivity index (χ0n) is 11.7. The Balaban J connectivity index is 2.02. The van der Waals surface area contributed by atoms with Gasteiger partial charge in [0.25, 0.3) is 0 Å². The van der Waals surface area contributed by atoms with E-state index in [4.69, 9.17) is 5.73 Å². The molecule has 100 valence electrons. The first-order valence-corrected chi connectivity index (χ1v) is 7.44. The van der Waals surface area contributed by atoms with Crippen LogP contribution in [0, 0.1) is 13.8 Å². The highest BCUT2D eigenvalue weighted by atomic mass is 32.2. The molecule has 0 bridgehead atoms. The van der Waals surface area contributed by atoms with Crippen LogP contribution in [0.25, 0.3) is 0 Å². The van der Waals surface area contributed by atoms with Crippen molar-refractivity contribution < 1.29 is 0 Å². The second kappa shape index (κ2) is 6.22. The van der Waals surface area contributed by atoms with E-state index in [2.05, 4.69) is 43.1 Å². The fraction of sp³-hybridized carbons (Fsp3) is 0.312. The maximum atomic E-state index is 5.82. The van der Waals surface area contributed by atoms with E-state index in [9.17, 15) is 0 Å². The standard InChI is InChI=1S/C16H20N2S/c1-11-6-12(2)8-14(7-11)10-19-16-5-4-15(9-18-16)13(3)17/h4-9,13H,10,17H2,1-3H3/t13-/m1/s1. The van der Waals surface area contributed by atoms with Gasteiger partial charge in [0.1, 0.15) is 0 Å². The predicted molar refractivity (Wildman–Crippen MR) is 82.3 cm³/mol. The lowest BCUT2D eigenvalue weighted by Crippen LogP contribution is -2.04. The molecule has 0 aliphatic rings. The Labute approximate surface area is 119 Å². The molecular weight excluding hydrogens is 252 g/mol. The van der Waals surface area contributed by atoms with Crippen molar-refractivity contribution in [1.82, 2.24) is 4.98 Å². The summed E-state index contributed by atoms with van der Waals surface area (Å²) in [5.41, 5.74) is 10.9. The number of rotatable bonds is 4. The van der Waals surface area contributed by atoms with Crippen molar-refractivity contribution in [3.05, 3.63) is 58.8 Å². The van der Waals surface area contributed by atoms with Crippen molar-refractivity contribution in [2.75, 3.05) is 0 Å². The van der Waals surface area contributed by atoms with Crippen molar-refractivity contribution >= 4 is 11.8 Å². The van der Waals surface area contributed by atoms with Crippen molar-refractivity contribution in [1.29, 1.82) is 0 Å². The summed E-state index contributed by atoms with van der Waals surface area (Å²) in [4.78, 5) is 4.44. The average molecular weight is 272 g/mol. The smallest absolute Gasteiger partial charge is 0.0963 e. The van der Waals surface area contributed by atoms with Gasteiger partial charge >= 0.3 is 0 Å². The zero-order chi connectivity index (χ0) is 13.8. The third-order valence-corrected chi connectivity index (χ3v) is 3.97. The number of hydrogen-bond acceptors (Lipinski definition) is 3. The minimum absolute atomic E-state index is 0.0472. The van der Waals surface area contributed by atoms with Crippen molar-refractivity contribution in [2.24, 2.45) is 5.73 Å². The lowest BCUT2D eigenvalue weighted by atomic mass is 10.1. The molecule has 0 aliphatic heterocycles. The predicted octanol–water partition coefficient (Wildman–Crippen LogP) is 4.01. The number of aromatic nitrogens is 1. The van der Waals surface area contributed by atoms with Gasteiger partial charge in [0, 0.05) is 18.0 Å². The first kappa shape index (κ1) is 14.1. The number of nitrogens with two attached hydrogens (primary N) is 1. The summed E-state index contributed by atoms with van der Waals surface area (Å²) in [6, 6.07) is 10.8. The average Bonchev–Trinajstić information content (AvgIpc) is 2.36. The molecule has 0 amide bonds. The summed E-state index contributed by atoms with van der Waals surface area (Å²) < 4.78 is 0. The Morgan fingerprint density at radius 1 is 1.16 bits per heavy atom. The molecule has 2 N–H and O–H groups in total. The highest BCUT2D eigenvalue weighted by Gasteiger charge is 2.02. The molecule has 0 saturated carbocycles. The van der Waals surface area contributed by atoms with Crippen LogP contribution in [0.15, 0.2) is 41.6 Å². The topological polar surface area (TPSA) is 38.9 Å². The lowest BCUT2D eigenvalue weighted by Gasteiger charge is -2.07. The Morgan fingerprint density at radius 3 is 2.37 bits per heavy atom. The molecule has 2 nitrogen and oxygen atoms in total. The normalized spacial score (nSPS) is 12.4. The molecule has 0 saturated heterocycles. The SMILES string of the molecule is Cc1cc(C)cc(CSc2ccc([C@@H](C)N)cn2)c1. The minimum Gasteiger partial charge on any atom is -0.324 e. The lowest BCUT2D eigenvalue weighted by molar-refractivity contribution is 0.806. The van der Waals surface area contributed by atoms with Gasteiger partial charge in [-0.1, -0.05) is 35.4 Å². The van der Waals surface area contributed by atoms with Gasteiger partial charge in [-0.3, -0.25) is 0 Å². The number of hydrogen-bond donors (Lipinski definition) is 1. The second-order valence-corrected chi connectivity index (χ2v) is 6.00. The summed E-state index contributed by atoms with van der Waals surface area (Å²) in [5.74, 6) is 0.951. The maximum Gasteiger partial charge on any atom is 0.0963 e. The minimum atomic E-state index is 0.0472. The van der Waals surface area contributed by atoms with Crippen LogP contribution in [0.3, 0.4) is 0 Å². The Kier molecular flexibility index (Phi) is 4.61. The van der Waals surface area contributed by atoms with Crippen LogP contribution in [0.4, 0.5) is 0 Å². The number of aryl methyl sites for hydroxylation is 2. The summed E-state index contributed by atoms with van der Waals surface area (Å²) in [6.45, 7) is 6.24. The van der Waals surface area contributed by atoms with E-state index in [1.54, 1.807) is 11.8 Å². The van der Waals surface area contributed by atoms with Gasteiger partial charge in [-0.2, -0.15) is 0 Å². The molecule has 2 rings (SSSR count). The Hall–Kier alpha value is -1.32. The van der Waals surface area contributed by atoms with Gasteiger partial charge in [0.2, 0.25) is 0 Å². The number of nitrogens with zero attached hydrogens (tertiary/aromatic N) is 1. The molecule has 3 heteroatoms. The van der Waals surface area contributed by atoms with Crippen LogP contribution in [0.2, 0.25) is 0 Å². The fourth-order valence-corrected chi connectivity index (χ4v) is 2.83. The molecular formula is C16H20N2S. The molecule has 0 spiro atoms. The molecule has 0 aliphatic carbocycles. The summed E-state index contributed by atoms with van der Waals surface area (Å²) in [5, 5.41) is 1.04. The van der Waals surface area contributed by atoms with Gasteiger partial charge in [0.05, 0.1) is 5.03 Å². The molecule has 1 atom stereocenters. The Morgan fingerprint density at radius 2 is 1.84 bits per heavy atom. The number of thioether (sulfide) groups is 1. The molecule has 1 aromatic carbocycles. The first-order chi connectivity index (χ1) is 9.04. The van der Waals surface area contributed by atoms with Crippen LogP contribution in [0.1, 0.15) is 35.2 Å². The van der Waals surface area contributed by atoms with Crippen LogP contribution >= 0.6 is 11.8 Å². The van der Waals surface area contributed by atoms with E-state index in [0.717, 1.165) is 16.3 Å². The van der Waals surface area contributed by atoms with Crippen LogP contribution in [0.5, 0.6) is 0 Å². The molecule has 0 unspecified atom stereocenters. The highest BCUT2D eigenvalue weighted by Crippen LogP contribution is 2.23. The molecule has 1 aromatic heterocycles. The molecule has 0 fully saturated rings. The van der Waals surface area contributed by atoms with E-state index in [0.29, 0.717) is 0 Å². The largest absolute Gasteiger partial charge is 0.324 e. The van der Waals surface area contributed by atoms with E-state index < -0.39 is 0 Å². The van der Waals surface area contributed by atoms with Gasteiger partial charge in [0.15, 0.2) is 0 Å². The van der Waals surface area contributed by atoms with E-state index in [1.165, 1.54) is 16.7 Å². The molecule has 0 radical (unpaired) electrons. The van der Waals surface area contributed by atoms with E-state index in [1.807, 2.05) is 19.2 Å². The molecule has 19 heavy (non-hydrogen) atoms. The van der Waals surface area contributed by atoms with Crippen LogP contribution in [-0.4, -0.2) is 4.98 Å². The van der Waals surface area contributed by atoms with Gasteiger partial charge in [-0.15, -0.1) is 11.8 Å². The zero-order valence-corrected chi connectivity index (χ0v) is 12.5. The molecule has 2 aromatic rings. The van der Waals surface area contributed by atoms with Gasteiger partial charge in [-0.25, -0.2) is 4.98 Å². The maximum absolute atomic E-state index is 5.82. The highest BCUT2D eigenvalue weighted by molar-refractivity contribution is 7.98. The van der Waals surface area contributed by atoms with Gasteiger partial charge < -0.3 is 5.73 Å². The summed E-state index contributed by atoms with van der Waals surface area (Å²) in [6.07, 6.45) is 1.87. The second-order valence-electron chi connectivity index (χ2n) is 5.00. The first-order valence-electron chi connectivity index (χ1n) is 6.46. The van der Waals surface area contributed by atoms with Crippen LogP contribution < -0.4 is 5.73 Å². The quantitative estimate of drug-likeness (QED) is 0.855. The van der Waals surface area contributed by atoms with Crippen molar-refractivity contribution in [3.8, 4) is 0 Å². The molecule has 1 heterocycles. The monoisotopic (exact) mass is 272 g/mol. The number of pyridine rings is 1. The summed E-state index contributed by atoms with van der Waals surface area (Å²) in [7, 11) is 0. The summed E-state index contributed by atoms with van der Waals surface area (Å²) >= 11 is 1.76. The van der Waals surface area contributed by atoms with Crippen LogP contribution in [-0.2, 0) is 5.75 Å². The Bertz CT molecular complexity index is 527. The van der Waals surface area contributed by atoms with Crippen molar-refractivity contribution in [2.45, 2.75) is 37.6 Å². The van der Waals surface area contributed by atoms with E-state index >= 15 is 0 Å². The number of benzene rings is 1. The third kappa shape index (κ3) is 4.08. The fourth-order valence-electron chi connectivity index (χ4n) is 2.06. The van der Waals surface area contributed by atoms with Gasteiger partial charge in [-0.05, 0) is 38.0 Å². The van der Waals surface area contributed by atoms with E-state index in [-0.39, 0.29) is 6.04 Å². The van der Waals surface area contributed by atoms with Crippen molar-refractivity contribution in [3.63, 3.8) is 0 Å². The third-order valence-electron chi connectivity index (χ3n) is 2.95.